The van der Waals surface area contributed by atoms with Gasteiger partial charge in [0.05, 0.1) is 12.2 Å². The predicted octanol–water partition coefficient (Wildman–Crippen LogP) is 2.89. The fourth-order valence-corrected chi connectivity index (χ4v) is 2.52. The molecule has 0 radical (unpaired) electrons. The molecule has 10 nitrogen and oxygen atoms in total. The summed E-state index contributed by atoms with van der Waals surface area (Å²) < 4.78 is 20.0. The van der Waals surface area contributed by atoms with Crippen LogP contribution in [0.2, 0.25) is 0 Å². The monoisotopic (exact) mass is 443 g/mol. The largest absolute Gasteiger partial charge is 0.462 e. The third kappa shape index (κ3) is 6.66. The normalized spacial score (nSPS) is 10.0. The zero-order valence-electron chi connectivity index (χ0n) is 17.8. The van der Waals surface area contributed by atoms with Crippen molar-refractivity contribution in [3.05, 3.63) is 47.5 Å². The topological polar surface area (TPSA) is 134 Å². The van der Waals surface area contributed by atoms with Crippen LogP contribution in [0.15, 0.2) is 36.4 Å². The molecule has 0 bridgehead atoms. The van der Waals surface area contributed by atoms with Gasteiger partial charge < -0.3 is 24.3 Å². The minimum absolute atomic E-state index is 0.0529. The molecule has 1 N–H and O–H groups in total. The molecule has 0 aliphatic rings. The van der Waals surface area contributed by atoms with Crippen LogP contribution in [0, 0.1) is 0 Å². The van der Waals surface area contributed by atoms with Gasteiger partial charge in [0.25, 0.3) is 5.91 Å². The summed E-state index contributed by atoms with van der Waals surface area (Å²) in [6, 6.07) is 8.27. The van der Waals surface area contributed by atoms with Gasteiger partial charge in [-0.15, -0.1) is 0 Å². The van der Waals surface area contributed by atoms with Gasteiger partial charge in [-0.05, 0) is 43.3 Å². The highest BCUT2D eigenvalue weighted by Crippen LogP contribution is 2.39. The second kappa shape index (κ2) is 10.7. The van der Waals surface area contributed by atoms with E-state index < -0.39 is 29.8 Å². The summed E-state index contributed by atoms with van der Waals surface area (Å²) in [7, 11) is 0. The molecule has 0 spiro atoms. The van der Waals surface area contributed by atoms with Crippen LogP contribution in [0.1, 0.15) is 48.4 Å². The molecule has 0 aliphatic carbocycles. The molecule has 0 heterocycles. The van der Waals surface area contributed by atoms with Crippen LogP contribution in [-0.4, -0.2) is 36.4 Å². The van der Waals surface area contributed by atoms with E-state index in [4.69, 9.17) is 18.9 Å². The summed E-state index contributed by atoms with van der Waals surface area (Å²) in [5.74, 6) is -4.29. The van der Waals surface area contributed by atoms with E-state index in [9.17, 15) is 24.0 Å². The maximum absolute atomic E-state index is 12.8. The average Bonchev–Trinajstić information content (AvgIpc) is 2.69. The summed E-state index contributed by atoms with van der Waals surface area (Å²) in [5, 5.41) is 2.60. The second-order valence-corrected chi connectivity index (χ2v) is 6.33. The van der Waals surface area contributed by atoms with Crippen LogP contribution < -0.4 is 19.5 Å². The number of ether oxygens (including phenoxy) is 4. The first-order valence-corrected chi connectivity index (χ1v) is 9.42. The quantitative estimate of drug-likeness (QED) is 0.506. The van der Waals surface area contributed by atoms with Gasteiger partial charge in [-0.25, -0.2) is 4.79 Å². The highest BCUT2D eigenvalue weighted by Gasteiger charge is 2.22. The fourth-order valence-electron chi connectivity index (χ4n) is 2.52. The molecule has 32 heavy (non-hydrogen) atoms. The van der Waals surface area contributed by atoms with Gasteiger partial charge in [-0.1, -0.05) is 0 Å². The number of hydrogen-bond donors (Lipinski definition) is 1. The number of carbonyl (C=O) groups excluding carboxylic acids is 5. The van der Waals surface area contributed by atoms with Gasteiger partial charge in [-0.3, -0.25) is 19.2 Å². The molecule has 2 aromatic carbocycles. The molecule has 0 aliphatic heterocycles. The molecular formula is C22H21NO9. The van der Waals surface area contributed by atoms with E-state index in [2.05, 4.69) is 5.32 Å². The lowest BCUT2D eigenvalue weighted by atomic mass is 10.1. The van der Waals surface area contributed by atoms with Crippen LogP contribution in [0.5, 0.6) is 17.2 Å². The smallest absolute Gasteiger partial charge is 0.338 e. The number of benzene rings is 2. The number of hydrogen-bond acceptors (Lipinski definition) is 9. The number of anilines is 1. The fraction of sp³-hybridized carbons (Fsp3) is 0.227. The van der Waals surface area contributed by atoms with E-state index in [1.165, 1.54) is 24.3 Å². The third-order valence-corrected chi connectivity index (χ3v) is 3.69. The lowest BCUT2D eigenvalue weighted by Gasteiger charge is -2.15. The molecule has 0 unspecified atom stereocenters. The molecule has 2 rings (SSSR count). The molecule has 0 atom stereocenters. The van der Waals surface area contributed by atoms with Gasteiger partial charge in [0.2, 0.25) is 5.75 Å². The first-order chi connectivity index (χ1) is 15.1. The molecule has 0 saturated carbocycles. The summed E-state index contributed by atoms with van der Waals surface area (Å²) in [6.45, 7) is 5.25. The zero-order valence-corrected chi connectivity index (χ0v) is 17.8. The zero-order chi connectivity index (χ0) is 23.8. The average molecular weight is 443 g/mol. The number of carbonyl (C=O) groups is 5. The van der Waals surface area contributed by atoms with E-state index in [1.54, 1.807) is 6.92 Å². The van der Waals surface area contributed by atoms with Crippen LogP contribution in [0.25, 0.3) is 0 Å². The highest BCUT2D eigenvalue weighted by molar-refractivity contribution is 6.05. The molecule has 0 fully saturated rings. The Morgan fingerprint density at radius 1 is 0.750 bits per heavy atom. The molecule has 10 heteroatoms. The Bertz CT molecular complexity index is 1020. The molecule has 1 amide bonds. The summed E-state index contributed by atoms with van der Waals surface area (Å²) in [6.07, 6.45) is 0. The number of esters is 4. The van der Waals surface area contributed by atoms with E-state index in [0.717, 1.165) is 32.9 Å². The Morgan fingerprint density at radius 2 is 1.25 bits per heavy atom. The van der Waals surface area contributed by atoms with Crippen LogP contribution in [-0.2, 0) is 19.1 Å². The van der Waals surface area contributed by atoms with Crippen LogP contribution >= 0.6 is 0 Å². The van der Waals surface area contributed by atoms with Gasteiger partial charge in [0.15, 0.2) is 11.5 Å². The van der Waals surface area contributed by atoms with Gasteiger partial charge >= 0.3 is 23.9 Å². The SMILES string of the molecule is CCOC(=O)c1ccc(NC(=O)c2cc(OC(C)=O)c(OC(C)=O)c(OC(C)=O)c2)cc1. The van der Waals surface area contributed by atoms with E-state index in [1.807, 2.05) is 0 Å². The van der Waals surface area contributed by atoms with Gasteiger partial charge in [0.1, 0.15) is 0 Å². The predicted molar refractivity (Wildman–Crippen MR) is 111 cm³/mol. The van der Waals surface area contributed by atoms with Crippen molar-refractivity contribution in [2.24, 2.45) is 0 Å². The molecular weight excluding hydrogens is 422 g/mol. The number of amides is 1. The van der Waals surface area contributed by atoms with Crippen molar-refractivity contribution in [2.75, 3.05) is 11.9 Å². The van der Waals surface area contributed by atoms with Crippen molar-refractivity contribution in [2.45, 2.75) is 27.7 Å². The van der Waals surface area contributed by atoms with E-state index >= 15 is 0 Å². The highest BCUT2D eigenvalue weighted by atomic mass is 16.6. The standard InChI is InChI=1S/C22H21NO9/c1-5-29-22(28)15-6-8-17(9-7-15)23-21(27)16-10-18(30-12(2)24)20(32-14(4)26)19(11-16)31-13(3)25/h6-11H,5H2,1-4H3,(H,23,27). The maximum atomic E-state index is 12.8. The third-order valence-electron chi connectivity index (χ3n) is 3.69. The van der Waals surface area contributed by atoms with Crippen molar-refractivity contribution < 1.29 is 42.9 Å². The first-order valence-electron chi connectivity index (χ1n) is 9.42. The Kier molecular flexibility index (Phi) is 8.05. The Morgan fingerprint density at radius 3 is 1.69 bits per heavy atom. The van der Waals surface area contributed by atoms with Crippen LogP contribution in [0.4, 0.5) is 5.69 Å². The lowest BCUT2D eigenvalue weighted by molar-refractivity contribution is -0.135. The number of nitrogens with one attached hydrogen (secondary N) is 1. The Labute approximate surface area is 183 Å². The van der Waals surface area contributed by atoms with Crippen molar-refractivity contribution in [1.82, 2.24) is 0 Å². The molecule has 168 valence electrons. The lowest BCUT2D eigenvalue weighted by Crippen LogP contribution is -2.15. The summed E-state index contributed by atoms with van der Waals surface area (Å²) >= 11 is 0. The summed E-state index contributed by atoms with van der Waals surface area (Å²) in [5.41, 5.74) is 0.614. The molecule has 0 aromatic heterocycles. The summed E-state index contributed by atoms with van der Waals surface area (Å²) in [4.78, 5) is 58.9. The Hall–Kier alpha value is -4.21. The Balaban J connectivity index is 2.39. The minimum Gasteiger partial charge on any atom is -0.462 e. The maximum Gasteiger partial charge on any atom is 0.338 e. The van der Waals surface area contributed by atoms with Crippen molar-refractivity contribution in [1.29, 1.82) is 0 Å². The van der Waals surface area contributed by atoms with Crippen LogP contribution in [0.3, 0.4) is 0 Å². The van der Waals surface area contributed by atoms with Gasteiger partial charge in [0, 0.05) is 32.0 Å². The first kappa shape index (κ1) is 24.1. The van der Waals surface area contributed by atoms with E-state index in [0.29, 0.717) is 11.3 Å². The van der Waals surface area contributed by atoms with Crippen molar-refractivity contribution in [3.63, 3.8) is 0 Å². The van der Waals surface area contributed by atoms with Crippen molar-refractivity contribution >= 4 is 35.5 Å². The van der Waals surface area contributed by atoms with Gasteiger partial charge in [-0.2, -0.15) is 0 Å². The second-order valence-electron chi connectivity index (χ2n) is 6.33. The molecule has 0 saturated heterocycles. The van der Waals surface area contributed by atoms with Crippen molar-refractivity contribution in [3.8, 4) is 17.2 Å². The minimum atomic E-state index is -0.759. The van der Waals surface area contributed by atoms with E-state index in [-0.39, 0.29) is 29.4 Å². The number of rotatable bonds is 7. The molecule has 2 aromatic rings.